The number of hydrogen-bond acceptors (Lipinski definition) is 5. The van der Waals surface area contributed by atoms with Crippen molar-refractivity contribution < 1.29 is 14.0 Å². The van der Waals surface area contributed by atoms with Crippen molar-refractivity contribution in [2.75, 3.05) is 0 Å². The molecule has 132 valence electrons. The van der Waals surface area contributed by atoms with E-state index >= 15 is 0 Å². The summed E-state index contributed by atoms with van der Waals surface area (Å²) in [6, 6.07) is 12.6. The van der Waals surface area contributed by atoms with Crippen LogP contribution in [0.25, 0.3) is 11.4 Å². The van der Waals surface area contributed by atoms with Gasteiger partial charge in [0.2, 0.25) is 17.6 Å². The van der Waals surface area contributed by atoms with Gasteiger partial charge in [-0.2, -0.15) is 4.80 Å². The molecule has 0 unspecified atom stereocenters. The molecule has 0 aliphatic heterocycles. The Morgan fingerprint density at radius 1 is 1.12 bits per heavy atom. The fourth-order valence-electron chi connectivity index (χ4n) is 2.23. The third-order valence-corrected chi connectivity index (χ3v) is 3.60. The number of halogens is 1. The molecule has 0 radical (unpaired) electrons. The summed E-state index contributed by atoms with van der Waals surface area (Å²) in [6.45, 7) is -0.0809. The van der Waals surface area contributed by atoms with Crippen molar-refractivity contribution in [3.8, 4) is 11.4 Å². The Morgan fingerprint density at radius 3 is 2.54 bits per heavy atom. The molecule has 8 nitrogen and oxygen atoms in total. The molecule has 3 rings (SSSR count). The number of tetrazole rings is 1. The van der Waals surface area contributed by atoms with Gasteiger partial charge in [0, 0.05) is 23.2 Å². The molecule has 0 saturated carbocycles. The van der Waals surface area contributed by atoms with Gasteiger partial charge in [-0.05, 0) is 23.4 Å². The predicted molar refractivity (Wildman–Crippen MR) is 90.0 cm³/mol. The number of aromatic nitrogens is 4. The number of primary amides is 1. The molecule has 3 aromatic rings. The Labute approximate surface area is 147 Å². The van der Waals surface area contributed by atoms with E-state index in [1.807, 2.05) is 0 Å². The number of rotatable bonds is 6. The van der Waals surface area contributed by atoms with E-state index in [-0.39, 0.29) is 24.8 Å². The van der Waals surface area contributed by atoms with Crippen molar-refractivity contribution >= 4 is 11.8 Å². The van der Waals surface area contributed by atoms with Gasteiger partial charge < -0.3 is 11.1 Å². The van der Waals surface area contributed by atoms with Crippen molar-refractivity contribution in [2.24, 2.45) is 5.73 Å². The number of nitrogens with one attached hydrogen (secondary N) is 1. The van der Waals surface area contributed by atoms with Crippen LogP contribution in [0.2, 0.25) is 0 Å². The number of nitrogens with zero attached hydrogens (tertiary/aromatic N) is 4. The van der Waals surface area contributed by atoms with Gasteiger partial charge in [0.15, 0.2) is 0 Å². The smallest absolute Gasteiger partial charge is 0.248 e. The molecule has 9 heteroatoms. The second-order valence-electron chi connectivity index (χ2n) is 5.45. The Bertz CT molecular complexity index is 938. The molecular weight excluding hydrogens is 339 g/mol. The second-order valence-corrected chi connectivity index (χ2v) is 5.45. The molecule has 0 saturated heterocycles. The first-order valence-electron chi connectivity index (χ1n) is 7.71. The van der Waals surface area contributed by atoms with Crippen molar-refractivity contribution in [3.63, 3.8) is 0 Å². The molecule has 0 bridgehead atoms. The van der Waals surface area contributed by atoms with Crippen LogP contribution in [0.3, 0.4) is 0 Å². The van der Waals surface area contributed by atoms with Crippen LogP contribution in [0.15, 0.2) is 48.5 Å². The molecule has 2 aromatic carbocycles. The normalized spacial score (nSPS) is 10.5. The first-order chi connectivity index (χ1) is 12.5. The summed E-state index contributed by atoms with van der Waals surface area (Å²) in [7, 11) is 0. The van der Waals surface area contributed by atoms with Crippen molar-refractivity contribution in [2.45, 2.75) is 13.1 Å². The van der Waals surface area contributed by atoms with E-state index in [4.69, 9.17) is 5.73 Å². The summed E-state index contributed by atoms with van der Waals surface area (Å²) in [5.74, 6) is -0.975. The molecule has 26 heavy (non-hydrogen) atoms. The predicted octanol–water partition coefficient (Wildman–Crippen LogP) is 0.894. The van der Waals surface area contributed by atoms with Gasteiger partial charge in [-0.3, -0.25) is 9.59 Å². The average molecular weight is 354 g/mol. The summed E-state index contributed by atoms with van der Waals surface area (Å²) in [5, 5.41) is 14.4. The Kier molecular flexibility index (Phi) is 4.97. The van der Waals surface area contributed by atoms with Crippen molar-refractivity contribution in [1.29, 1.82) is 0 Å². The fraction of sp³-hybridized carbons (Fsp3) is 0.118. The number of carbonyl (C=O) groups is 2. The van der Waals surface area contributed by atoms with Crippen LogP contribution < -0.4 is 11.1 Å². The highest BCUT2D eigenvalue weighted by Gasteiger charge is 2.10. The van der Waals surface area contributed by atoms with Crippen LogP contribution in [-0.2, 0) is 17.9 Å². The maximum absolute atomic E-state index is 13.5. The minimum atomic E-state index is -0.528. The van der Waals surface area contributed by atoms with Gasteiger partial charge in [0.25, 0.3) is 0 Å². The number of carbonyl (C=O) groups excluding carboxylic acids is 2. The highest BCUT2D eigenvalue weighted by molar-refractivity contribution is 5.93. The van der Waals surface area contributed by atoms with Crippen LogP contribution in [0.5, 0.6) is 0 Å². The molecule has 1 aromatic heterocycles. The lowest BCUT2D eigenvalue weighted by Crippen LogP contribution is -2.28. The SMILES string of the molecule is NC(=O)c1ccc(-c2nnn(CC(=O)NCc3ccccc3F)n2)cc1. The first kappa shape index (κ1) is 17.2. The largest absolute Gasteiger partial charge is 0.366 e. The zero-order valence-electron chi connectivity index (χ0n) is 13.6. The van der Waals surface area contributed by atoms with Gasteiger partial charge in [-0.1, -0.05) is 30.3 Å². The lowest BCUT2D eigenvalue weighted by molar-refractivity contribution is -0.122. The van der Waals surface area contributed by atoms with E-state index in [0.29, 0.717) is 22.5 Å². The molecule has 0 aliphatic carbocycles. The molecule has 0 spiro atoms. The van der Waals surface area contributed by atoms with Crippen molar-refractivity contribution in [3.05, 3.63) is 65.5 Å². The second kappa shape index (κ2) is 7.51. The number of amides is 2. The van der Waals surface area contributed by atoms with E-state index in [2.05, 4.69) is 20.7 Å². The third kappa shape index (κ3) is 4.07. The summed E-state index contributed by atoms with van der Waals surface area (Å²) < 4.78 is 13.5. The van der Waals surface area contributed by atoms with E-state index in [1.54, 1.807) is 42.5 Å². The maximum atomic E-state index is 13.5. The van der Waals surface area contributed by atoms with Gasteiger partial charge in [0.1, 0.15) is 12.4 Å². The summed E-state index contributed by atoms with van der Waals surface area (Å²) in [4.78, 5) is 24.1. The van der Waals surface area contributed by atoms with Crippen LogP contribution in [0.4, 0.5) is 4.39 Å². The van der Waals surface area contributed by atoms with E-state index in [9.17, 15) is 14.0 Å². The van der Waals surface area contributed by atoms with Gasteiger partial charge in [-0.15, -0.1) is 10.2 Å². The molecular formula is C17H15FN6O2. The first-order valence-corrected chi connectivity index (χ1v) is 7.71. The molecule has 1 heterocycles. The highest BCUT2D eigenvalue weighted by atomic mass is 19.1. The molecule has 3 N–H and O–H groups in total. The number of benzene rings is 2. The van der Waals surface area contributed by atoms with E-state index < -0.39 is 5.91 Å². The standard InChI is InChI=1S/C17H15FN6O2/c18-14-4-2-1-3-13(14)9-20-15(25)10-24-22-17(21-23-24)12-7-5-11(6-8-12)16(19)26/h1-8H,9-10H2,(H2,19,26)(H,20,25). The monoisotopic (exact) mass is 354 g/mol. The molecule has 2 amide bonds. The molecule has 0 atom stereocenters. The quantitative estimate of drug-likeness (QED) is 0.682. The minimum Gasteiger partial charge on any atom is -0.366 e. The average Bonchev–Trinajstić information content (AvgIpc) is 3.09. The molecule has 0 aliphatic rings. The number of nitrogens with two attached hydrogens (primary N) is 1. The summed E-state index contributed by atoms with van der Waals surface area (Å²) in [5.41, 5.74) is 6.58. The van der Waals surface area contributed by atoms with Gasteiger partial charge in [0.05, 0.1) is 0 Å². The van der Waals surface area contributed by atoms with Gasteiger partial charge >= 0.3 is 0 Å². The lowest BCUT2D eigenvalue weighted by atomic mass is 10.1. The van der Waals surface area contributed by atoms with Crippen LogP contribution in [0.1, 0.15) is 15.9 Å². The fourth-order valence-corrected chi connectivity index (χ4v) is 2.23. The lowest BCUT2D eigenvalue weighted by Gasteiger charge is -2.05. The third-order valence-electron chi connectivity index (χ3n) is 3.60. The van der Waals surface area contributed by atoms with Gasteiger partial charge in [-0.25, -0.2) is 4.39 Å². The summed E-state index contributed by atoms with van der Waals surface area (Å²) >= 11 is 0. The van der Waals surface area contributed by atoms with E-state index in [1.165, 1.54) is 6.07 Å². The highest BCUT2D eigenvalue weighted by Crippen LogP contribution is 2.14. The Morgan fingerprint density at radius 2 is 1.85 bits per heavy atom. The van der Waals surface area contributed by atoms with Crippen molar-refractivity contribution in [1.82, 2.24) is 25.5 Å². The Hall–Kier alpha value is -3.62. The van der Waals surface area contributed by atoms with E-state index in [0.717, 1.165) is 4.80 Å². The Balaban J connectivity index is 1.60. The topological polar surface area (TPSA) is 116 Å². The summed E-state index contributed by atoms with van der Waals surface area (Å²) in [6.07, 6.45) is 0. The number of hydrogen-bond donors (Lipinski definition) is 2. The van der Waals surface area contributed by atoms with Crippen LogP contribution in [-0.4, -0.2) is 32.0 Å². The minimum absolute atomic E-state index is 0.0711. The molecule has 0 fully saturated rings. The zero-order chi connectivity index (χ0) is 18.5. The van der Waals surface area contributed by atoms with Crippen LogP contribution in [0, 0.1) is 5.82 Å². The maximum Gasteiger partial charge on any atom is 0.248 e. The zero-order valence-corrected chi connectivity index (χ0v) is 13.6. The van der Waals surface area contributed by atoms with Crippen LogP contribution >= 0.6 is 0 Å².